The normalized spacial score (nSPS) is 22.2. The van der Waals surface area contributed by atoms with Gasteiger partial charge in [0.2, 0.25) is 5.91 Å². The van der Waals surface area contributed by atoms with Crippen LogP contribution in [0.1, 0.15) is 45.7 Å². The molecular formula is C22H30N4O3. The summed E-state index contributed by atoms with van der Waals surface area (Å²) in [5.74, 6) is 0.306. The molecule has 0 saturated carbocycles. The predicted molar refractivity (Wildman–Crippen MR) is 110 cm³/mol. The largest absolute Gasteiger partial charge is 0.444 e. The third-order valence-corrected chi connectivity index (χ3v) is 5.82. The Kier molecular flexibility index (Phi) is 5.23. The lowest BCUT2D eigenvalue weighted by molar-refractivity contribution is -0.133. The molecule has 0 bridgehead atoms. The Labute approximate surface area is 171 Å². The minimum Gasteiger partial charge on any atom is -0.444 e. The van der Waals surface area contributed by atoms with Crippen LogP contribution in [0.5, 0.6) is 0 Å². The molecule has 4 heterocycles. The van der Waals surface area contributed by atoms with E-state index in [9.17, 15) is 9.59 Å². The van der Waals surface area contributed by atoms with Gasteiger partial charge in [0.15, 0.2) is 0 Å². The summed E-state index contributed by atoms with van der Waals surface area (Å²) < 4.78 is 7.61. The summed E-state index contributed by atoms with van der Waals surface area (Å²) in [4.78, 5) is 33.3. The van der Waals surface area contributed by atoms with Gasteiger partial charge in [0, 0.05) is 43.6 Å². The molecule has 0 spiro atoms. The van der Waals surface area contributed by atoms with E-state index >= 15 is 0 Å². The molecule has 0 aliphatic carbocycles. The Balaban J connectivity index is 1.31. The van der Waals surface area contributed by atoms with Crippen molar-refractivity contribution in [1.82, 2.24) is 19.2 Å². The summed E-state index contributed by atoms with van der Waals surface area (Å²) in [6, 6.07) is 6.26. The number of aromatic nitrogens is 2. The van der Waals surface area contributed by atoms with Crippen LogP contribution >= 0.6 is 0 Å². The SMILES string of the molecule is CC(C)(C)OC(=O)N1CCN2C(=O)[C@H](CCCc3cccc4nccn34)C[C@H]2C1. The third kappa shape index (κ3) is 4.23. The van der Waals surface area contributed by atoms with E-state index in [-0.39, 0.29) is 24.0 Å². The maximum Gasteiger partial charge on any atom is 0.410 e. The highest BCUT2D eigenvalue weighted by molar-refractivity contribution is 5.82. The van der Waals surface area contributed by atoms with Crippen molar-refractivity contribution >= 4 is 17.6 Å². The summed E-state index contributed by atoms with van der Waals surface area (Å²) in [5.41, 5.74) is 1.68. The van der Waals surface area contributed by atoms with Crippen molar-refractivity contribution in [3.05, 3.63) is 36.3 Å². The summed E-state index contributed by atoms with van der Waals surface area (Å²) in [5, 5.41) is 0. The van der Waals surface area contributed by atoms with Gasteiger partial charge in [0.1, 0.15) is 11.2 Å². The lowest BCUT2D eigenvalue weighted by Gasteiger charge is -2.38. The molecule has 2 atom stereocenters. The van der Waals surface area contributed by atoms with Gasteiger partial charge in [-0.1, -0.05) is 6.07 Å². The van der Waals surface area contributed by atoms with Gasteiger partial charge in [-0.25, -0.2) is 9.78 Å². The molecule has 4 rings (SSSR count). The zero-order valence-electron chi connectivity index (χ0n) is 17.5. The van der Waals surface area contributed by atoms with Gasteiger partial charge in [0.25, 0.3) is 0 Å². The number of aryl methyl sites for hydroxylation is 1. The highest BCUT2D eigenvalue weighted by Gasteiger charge is 2.43. The maximum atomic E-state index is 12.8. The molecule has 7 nitrogen and oxygen atoms in total. The van der Waals surface area contributed by atoms with Crippen LogP contribution in [0.3, 0.4) is 0 Å². The first kappa shape index (κ1) is 19.7. The maximum absolute atomic E-state index is 12.8. The zero-order valence-corrected chi connectivity index (χ0v) is 17.5. The molecule has 29 heavy (non-hydrogen) atoms. The van der Waals surface area contributed by atoms with E-state index in [1.54, 1.807) is 4.90 Å². The topological polar surface area (TPSA) is 67.2 Å². The quantitative estimate of drug-likeness (QED) is 0.794. The molecule has 2 fully saturated rings. The Hall–Kier alpha value is -2.57. The number of carbonyl (C=O) groups excluding carboxylic acids is 2. The number of pyridine rings is 1. The fourth-order valence-electron chi connectivity index (χ4n) is 4.48. The van der Waals surface area contributed by atoms with Gasteiger partial charge in [-0.05, 0) is 58.6 Å². The van der Waals surface area contributed by atoms with E-state index in [0.29, 0.717) is 19.6 Å². The summed E-state index contributed by atoms with van der Waals surface area (Å²) in [6.45, 7) is 7.35. The molecule has 2 aliphatic rings. The number of piperazine rings is 1. The van der Waals surface area contributed by atoms with Crippen LogP contribution in [0.2, 0.25) is 0 Å². The number of carbonyl (C=O) groups is 2. The van der Waals surface area contributed by atoms with Crippen LogP contribution < -0.4 is 0 Å². The molecule has 2 aromatic heterocycles. The standard InChI is InChI=1S/C22H30N4O3/c1-22(2,3)29-21(28)24-12-13-26-18(15-24)14-16(20(26)27)6-4-7-17-8-5-9-19-23-10-11-25(17)19/h5,8-11,16,18H,4,6-7,12-15H2,1-3H3/t16-,18+/m1/s1. The Bertz CT molecular complexity index is 901. The van der Waals surface area contributed by atoms with Crippen LogP contribution in [0.4, 0.5) is 4.79 Å². The number of nitrogens with zero attached hydrogens (tertiary/aromatic N) is 4. The number of hydrogen-bond donors (Lipinski definition) is 0. The van der Waals surface area contributed by atoms with Gasteiger partial charge < -0.3 is 18.9 Å². The van der Waals surface area contributed by atoms with Crippen molar-refractivity contribution in [1.29, 1.82) is 0 Å². The van der Waals surface area contributed by atoms with E-state index in [1.807, 2.05) is 50.2 Å². The van der Waals surface area contributed by atoms with Gasteiger partial charge in [0.05, 0.1) is 6.04 Å². The molecule has 156 valence electrons. The number of amides is 2. The first-order valence-electron chi connectivity index (χ1n) is 10.5. The first-order chi connectivity index (χ1) is 13.8. The fourth-order valence-corrected chi connectivity index (χ4v) is 4.48. The van der Waals surface area contributed by atoms with Crippen molar-refractivity contribution in [2.45, 2.75) is 58.1 Å². The van der Waals surface area contributed by atoms with E-state index in [1.165, 1.54) is 5.69 Å². The van der Waals surface area contributed by atoms with E-state index < -0.39 is 5.60 Å². The van der Waals surface area contributed by atoms with Crippen LogP contribution in [-0.2, 0) is 16.0 Å². The van der Waals surface area contributed by atoms with Crippen LogP contribution in [0, 0.1) is 5.92 Å². The number of rotatable bonds is 4. The van der Waals surface area contributed by atoms with Gasteiger partial charge in [-0.15, -0.1) is 0 Å². The Morgan fingerprint density at radius 1 is 1.28 bits per heavy atom. The smallest absolute Gasteiger partial charge is 0.410 e. The summed E-state index contributed by atoms with van der Waals surface area (Å²) in [6.07, 6.45) is 7.11. The fraction of sp³-hybridized carbons (Fsp3) is 0.591. The van der Waals surface area contributed by atoms with Crippen molar-refractivity contribution in [3.8, 4) is 0 Å². The number of imidazole rings is 1. The zero-order chi connectivity index (χ0) is 20.6. The summed E-state index contributed by atoms with van der Waals surface area (Å²) >= 11 is 0. The second-order valence-electron chi connectivity index (χ2n) is 9.11. The monoisotopic (exact) mass is 398 g/mol. The van der Waals surface area contributed by atoms with Crippen molar-refractivity contribution < 1.29 is 14.3 Å². The number of fused-ring (bicyclic) bond motifs is 2. The Morgan fingerprint density at radius 3 is 2.90 bits per heavy atom. The molecule has 0 unspecified atom stereocenters. The van der Waals surface area contributed by atoms with Gasteiger partial charge in [-0.3, -0.25) is 4.79 Å². The molecule has 0 aromatic carbocycles. The van der Waals surface area contributed by atoms with Crippen molar-refractivity contribution in [2.24, 2.45) is 5.92 Å². The van der Waals surface area contributed by atoms with Gasteiger partial charge in [-0.2, -0.15) is 0 Å². The molecule has 7 heteroatoms. The average molecular weight is 399 g/mol. The van der Waals surface area contributed by atoms with Crippen LogP contribution in [0.25, 0.3) is 5.65 Å². The minimum atomic E-state index is -0.500. The van der Waals surface area contributed by atoms with Crippen molar-refractivity contribution in [3.63, 3.8) is 0 Å². The molecule has 0 radical (unpaired) electrons. The first-order valence-corrected chi connectivity index (χ1v) is 10.5. The lowest BCUT2D eigenvalue weighted by Crippen LogP contribution is -2.54. The summed E-state index contributed by atoms with van der Waals surface area (Å²) in [7, 11) is 0. The van der Waals surface area contributed by atoms with E-state index in [4.69, 9.17) is 4.74 Å². The minimum absolute atomic E-state index is 0.0561. The molecular weight excluding hydrogens is 368 g/mol. The molecule has 0 N–H and O–H groups in total. The molecule has 2 amide bonds. The van der Waals surface area contributed by atoms with Crippen molar-refractivity contribution in [2.75, 3.05) is 19.6 Å². The van der Waals surface area contributed by atoms with E-state index in [0.717, 1.165) is 31.3 Å². The average Bonchev–Trinajstić information content (AvgIpc) is 3.25. The number of hydrogen-bond acceptors (Lipinski definition) is 4. The highest BCUT2D eigenvalue weighted by Crippen LogP contribution is 2.31. The second kappa shape index (κ2) is 7.69. The highest BCUT2D eigenvalue weighted by atomic mass is 16.6. The van der Waals surface area contributed by atoms with Crippen LogP contribution in [-0.4, -0.2) is 62.5 Å². The Morgan fingerprint density at radius 2 is 2.10 bits per heavy atom. The molecule has 2 aliphatic heterocycles. The van der Waals surface area contributed by atoms with Gasteiger partial charge >= 0.3 is 6.09 Å². The molecule has 2 aromatic rings. The second-order valence-corrected chi connectivity index (χ2v) is 9.11. The number of ether oxygens (including phenoxy) is 1. The predicted octanol–water partition coefficient (Wildman–Crippen LogP) is 3.12. The van der Waals surface area contributed by atoms with Crippen LogP contribution in [0.15, 0.2) is 30.6 Å². The third-order valence-electron chi connectivity index (χ3n) is 5.82. The van der Waals surface area contributed by atoms with E-state index in [2.05, 4.69) is 15.5 Å². The molecule has 2 saturated heterocycles. The lowest BCUT2D eigenvalue weighted by atomic mass is 9.97.